The summed E-state index contributed by atoms with van der Waals surface area (Å²) in [6, 6.07) is 0.617. The summed E-state index contributed by atoms with van der Waals surface area (Å²) in [5, 5.41) is 11.0. The van der Waals surface area contributed by atoms with E-state index in [-0.39, 0.29) is 0 Å². The molecule has 2 atom stereocenters. The highest BCUT2D eigenvalue weighted by atomic mass is 15.3. The summed E-state index contributed by atoms with van der Waals surface area (Å²) in [5.74, 6) is 1.74. The summed E-state index contributed by atoms with van der Waals surface area (Å²) in [6.45, 7) is 9.09. The Balaban J connectivity index is 1.71. The zero-order valence-electron chi connectivity index (χ0n) is 12.2. The van der Waals surface area contributed by atoms with Crippen LogP contribution in [-0.2, 0) is 6.54 Å². The van der Waals surface area contributed by atoms with Crippen LogP contribution in [0.15, 0.2) is 17.4 Å². The van der Waals surface area contributed by atoms with Gasteiger partial charge in [-0.3, -0.25) is 9.67 Å². The molecule has 1 saturated carbocycles. The average molecular weight is 263 g/mol. The second-order valence-corrected chi connectivity index (χ2v) is 5.36. The SMILES string of the molecule is CCNC(=NCCCn1cc(C)cn1)NC1CC1C. The molecule has 0 aliphatic heterocycles. The largest absolute Gasteiger partial charge is 0.357 e. The minimum absolute atomic E-state index is 0.617. The van der Waals surface area contributed by atoms with E-state index in [1.807, 2.05) is 10.9 Å². The van der Waals surface area contributed by atoms with E-state index in [0.29, 0.717) is 6.04 Å². The van der Waals surface area contributed by atoms with Gasteiger partial charge in [0.15, 0.2) is 5.96 Å². The Morgan fingerprint density at radius 3 is 2.95 bits per heavy atom. The number of hydrogen-bond donors (Lipinski definition) is 2. The first kappa shape index (κ1) is 13.9. The van der Waals surface area contributed by atoms with Crippen molar-refractivity contribution in [3.8, 4) is 0 Å². The second kappa shape index (κ2) is 6.59. The normalized spacial score (nSPS) is 22.4. The molecule has 0 amide bonds. The van der Waals surface area contributed by atoms with Crippen LogP contribution in [0.5, 0.6) is 0 Å². The Morgan fingerprint density at radius 2 is 2.37 bits per heavy atom. The van der Waals surface area contributed by atoms with Crippen LogP contribution in [0.2, 0.25) is 0 Å². The summed E-state index contributed by atoms with van der Waals surface area (Å²) in [4.78, 5) is 4.60. The van der Waals surface area contributed by atoms with E-state index in [1.165, 1.54) is 12.0 Å². The van der Waals surface area contributed by atoms with Gasteiger partial charge in [0, 0.05) is 31.9 Å². The van der Waals surface area contributed by atoms with Crippen molar-refractivity contribution in [2.75, 3.05) is 13.1 Å². The molecule has 1 aliphatic carbocycles. The van der Waals surface area contributed by atoms with E-state index in [0.717, 1.165) is 37.9 Å². The molecule has 1 aliphatic rings. The fourth-order valence-corrected chi connectivity index (χ4v) is 2.03. The van der Waals surface area contributed by atoms with Crippen molar-refractivity contribution in [3.63, 3.8) is 0 Å². The summed E-state index contributed by atoms with van der Waals surface area (Å²) < 4.78 is 1.98. The number of aryl methyl sites for hydroxylation is 2. The number of hydrogen-bond acceptors (Lipinski definition) is 2. The molecule has 5 nitrogen and oxygen atoms in total. The molecule has 0 saturated heterocycles. The van der Waals surface area contributed by atoms with Crippen LogP contribution in [0, 0.1) is 12.8 Å². The summed E-state index contributed by atoms with van der Waals surface area (Å²) in [7, 11) is 0. The van der Waals surface area contributed by atoms with E-state index < -0.39 is 0 Å². The molecule has 5 heteroatoms. The van der Waals surface area contributed by atoms with Crippen molar-refractivity contribution in [2.24, 2.45) is 10.9 Å². The zero-order valence-corrected chi connectivity index (χ0v) is 12.2. The number of guanidine groups is 1. The minimum Gasteiger partial charge on any atom is -0.357 e. The van der Waals surface area contributed by atoms with Crippen LogP contribution >= 0.6 is 0 Å². The zero-order chi connectivity index (χ0) is 13.7. The summed E-state index contributed by atoms with van der Waals surface area (Å²) in [5.41, 5.74) is 1.21. The van der Waals surface area contributed by atoms with Gasteiger partial charge in [-0.25, -0.2) is 0 Å². The number of nitrogens with zero attached hydrogens (tertiary/aromatic N) is 3. The van der Waals surface area contributed by atoms with E-state index >= 15 is 0 Å². The Labute approximate surface area is 115 Å². The van der Waals surface area contributed by atoms with Crippen molar-refractivity contribution in [1.29, 1.82) is 0 Å². The molecule has 0 radical (unpaired) electrons. The topological polar surface area (TPSA) is 54.2 Å². The molecular formula is C14H25N5. The van der Waals surface area contributed by atoms with Gasteiger partial charge in [0.25, 0.3) is 0 Å². The van der Waals surface area contributed by atoms with Crippen molar-refractivity contribution in [2.45, 2.75) is 46.2 Å². The molecule has 2 N–H and O–H groups in total. The van der Waals surface area contributed by atoms with Gasteiger partial charge in [-0.15, -0.1) is 0 Å². The van der Waals surface area contributed by atoms with Gasteiger partial charge in [-0.1, -0.05) is 6.92 Å². The smallest absolute Gasteiger partial charge is 0.191 e. The molecule has 1 heterocycles. The summed E-state index contributed by atoms with van der Waals surface area (Å²) in [6.07, 6.45) is 6.23. The highest BCUT2D eigenvalue weighted by Crippen LogP contribution is 2.28. The van der Waals surface area contributed by atoms with Crippen LogP contribution in [0.1, 0.15) is 32.3 Å². The molecule has 0 aromatic carbocycles. The lowest BCUT2D eigenvalue weighted by Gasteiger charge is -2.10. The lowest BCUT2D eigenvalue weighted by molar-refractivity contribution is 0.583. The molecule has 2 rings (SSSR count). The molecule has 2 unspecified atom stereocenters. The van der Waals surface area contributed by atoms with Crippen molar-refractivity contribution in [3.05, 3.63) is 18.0 Å². The standard InChI is InChI=1S/C14H25N5/c1-4-15-14(18-13-8-12(13)3)16-6-5-7-19-10-11(2)9-17-19/h9-10,12-13H,4-8H2,1-3H3,(H2,15,16,18). The Morgan fingerprint density at radius 1 is 1.58 bits per heavy atom. The summed E-state index contributed by atoms with van der Waals surface area (Å²) >= 11 is 0. The van der Waals surface area contributed by atoms with Gasteiger partial charge < -0.3 is 10.6 Å². The lowest BCUT2D eigenvalue weighted by Crippen LogP contribution is -2.39. The Kier molecular flexibility index (Phi) is 4.82. The van der Waals surface area contributed by atoms with Crippen molar-refractivity contribution >= 4 is 5.96 Å². The predicted octanol–water partition coefficient (Wildman–Crippen LogP) is 1.55. The van der Waals surface area contributed by atoms with Gasteiger partial charge in [0.1, 0.15) is 0 Å². The number of rotatable bonds is 6. The van der Waals surface area contributed by atoms with Crippen LogP contribution in [0.25, 0.3) is 0 Å². The van der Waals surface area contributed by atoms with Crippen LogP contribution in [-0.4, -0.2) is 34.9 Å². The molecule has 1 fully saturated rings. The van der Waals surface area contributed by atoms with E-state index in [1.54, 1.807) is 0 Å². The lowest BCUT2D eigenvalue weighted by atomic mass is 10.4. The second-order valence-electron chi connectivity index (χ2n) is 5.36. The third-order valence-corrected chi connectivity index (χ3v) is 3.35. The molecule has 19 heavy (non-hydrogen) atoms. The van der Waals surface area contributed by atoms with Crippen molar-refractivity contribution in [1.82, 2.24) is 20.4 Å². The number of nitrogens with one attached hydrogen (secondary N) is 2. The Bertz CT molecular complexity index is 423. The van der Waals surface area contributed by atoms with Gasteiger partial charge in [0.05, 0.1) is 6.20 Å². The van der Waals surface area contributed by atoms with Gasteiger partial charge in [-0.2, -0.15) is 5.10 Å². The molecule has 106 valence electrons. The first-order chi connectivity index (χ1) is 9.19. The van der Waals surface area contributed by atoms with Gasteiger partial charge >= 0.3 is 0 Å². The maximum Gasteiger partial charge on any atom is 0.191 e. The average Bonchev–Trinajstić information content (AvgIpc) is 2.89. The number of aromatic nitrogens is 2. The maximum absolute atomic E-state index is 4.60. The molecule has 0 bridgehead atoms. The highest BCUT2D eigenvalue weighted by Gasteiger charge is 2.33. The van der Waals surface area contributed by atoms with Crippen LogP contribution in [0.4, 0.5) is 0 Å². The fourth-order valence-electron chi connectivity index (χ4n) is 2.03. The predicted molar refractivity (Wildman–Crippen MR) is 78.3 cm³/mol. The molecule has 1 aromatic heterocycles. The Hall–Kier alpha value is -1.52. The maximum atomic E-state index is 4.60. The van der Waals surface area contributed by atoms with Crippen LogP contribution < -0.4 is 10.6 Å². The third kappa shape index (κ3) is 4.58. The van der Waals surface area contributed by atoms with E-state index in [9.17, 15) is 0 Å². The fraction of sp³-hybridized carbons (Fsp3) is 0.714. The first-order valence-electron chi connectivity index (χ1n) is 7.23. The van der Waals surface area contributed by atoms with Crippen LogP contribution in [0.3, 0.4) is 0 Å². The van der Waals surface area contributed by atoms with Crippen molar-refractivity contribution < 1.29 is 0 Å². The minimum atomic E-state index is 0.617. The highest BCUT2D eigenvalue weighted by molar-refractivity contribution is 5.80. The van der Waals surface area contributed by atoms with Gasteiger partial charge in [0.2, 0.25) is 0 Å². The van der Waals surface area contributed by atoms with Gasteiger partial charge in [-0.05, 0) is 38.2 Å². The first-order valence-corrected chi connectivity index (χ1v) is 7.23. The third-order valence-electron chi connectivity index (χ3n) is 3.35. The molecular weight excluding hydrogens is 238 g/mol. The monoisotopic (exact) mass is 263 g/mol. The quantitative estimate of drug-likeness (QED) is 0.465. The van der Waals surface area contributed by atoms with E-state index in [4.69, 9.17) is 0 Å². The van der Waals surface area contributed by atoms with E-state index in [2.05, 4.69) is 47.7 Å². The number of aliphatic imine (C=N–C) groups is 1. The molecule has 1 aromatic rings. The molecule has 0 spiro atoms.